The first-order valence-electron chi connectivity index (χ1n) is 11.6. The van der Waals surface area contributed by atoms with Gasteiger partial charge in [0.2, 0.25) is 12.5 Å². The Balaban J connectivity index is 1.73. The molecule has 2 amide bonds. The average Bonchev–Trinajstić information content (AvgIpc) is 2.88. The third-order valence-corrected chi connectivity index (χ3v) is 8.76. The molecule has 1 saturated heterocycles. The highest BCUT2D eigenvalue weighted by Gasteiger charge is 2.57. The molecule has 3 heterocycles. The smallest absolute Gasteiger partial charge is 0.352 e. The molecule has 3 rings (SSSR count). The number of carboxylic acids is 1. The minimum absolute atomic E-state index is 0.0315. The van der Waals surface area contributed by atoms with Crippen molar-refractivity contribution in [2.75, 3.05) is 18.3 Å². The number of aliphatic hydroxyl groups is 1. The number of fused-ring (bicyclic) bond motifs is 1. The minimum atomic E-state index is -1.37. The molecule has 2 N–H and O–H groups in total. The first-order valence-corrected chi connectivity index (χ1v) is 14.3. The lowest BCUT2D eigenvalue weighted by molar-refractivity contribution is -0.160. The van der Waals surface area contributed by atoms with Crippen LogP contribution in [0.1, 0.15) is 27.7 Å². The first-order chi connectivity index (χ1) is 19.1. The molecule has 1 fully saturated rings. The van der Waals surface area contributed by atoms with Gasteiger partial charge < -0.3 is 19.7 Å². The van der Waals surface area contributed by atoms with E-state index in [0.717, 1.165) is 27.5 Å². The number of hydrogen-bond acceptors (Lipinski definition) is 14. The van der Waals surface area contributed by atoms with Crippen LogP contribution in [0.15, 0.2) is 37.9 Å². The van der Waals surface area contributed by atoms with Crippen LogP contribution in [0.5, 0.6) is 5.88 Å². The minimum Gasteiger partial charge on any atom is -0.510 e. The average molecular weight is 678 g/mol. The van der Waals surface area contributed by atoms with Crippen LogP contribution in [0, 0.1) is 10.3 Å². The second-order valence-corrected chi connectivity index (χ2v) is 12.4. The lowest BCUT2D eigenvalue weighted by Gasteiger charge is -2.51. The topological polar surface area (TPSA) is 211 Å². The molecule has 0 aliphatic carbocycles. The number of aliphatic carboxylic acids is 1. The van der Waals surface area contributed by atoms with Crippen molar-refractivity contribution in [1.29, 1.82) is 0 Å². The maximum Gasteiger partial charge on any atom is 0.352 e. The summed E-state index contributed by atoms with van der Waals surface area (Å²) < 4.78 is 12.1. The highest BCUT2D eigenvalue weighted by atomic mass is 79.9. The molecule has 0 bridgehead atoms. The number of allylic oxidation sites excluding steroid dienone is 1. The third-order valence-electron chi connectivity index (χ3n) is 5.57. The quantitative estimate of drug-likeness (QED) is 0.0526. The molecule has 0 unspecified atom stereocenters. The number of ether oxygens (including phenoxy) is 2. The summed E-state index contributed by atoms with van der Waals surface area (Å²) in [6.45, 7) is 5.52. The normalized spacial score (nSPS) is 19.1. The number of aliphatic hydroxyl groups excluding tert-OH is 1. The summed E-state index contributed by atoms with van der Waals surface area (Å²) in [5.41, 5.74) is -2.32. The summed E-state index contributed by atoms with van der Waals surface area (Å²) in [5.74, 6) is -4.54. The van der Waals surface area contributed by atoms with Crippen LogP contribution in [0.2, 0.25) is 0 Å². The number of carbonyl (C=O) groups excluding carboxylic acids is 3. The molecule has 41 heavy (non-hydrogen) atoms. The molecule has 0 saturated carbocycles. The molecule has 1 aromatic heterocycles. The summed E-state index contributed by atoms with van der Waals surface area (Å²) in [7, 11) is 1.48. The van der Waals surface area contributed by atoms with Gasteiger partial charge in [-0.1, -0.05) is 11.8 Å². The van der Waals surface area contributed by atoms with Crippen LogP contribution < -0.4 is 10.3 Å². The molecule has 0 aromatic carbocycles. The van der Waals surface area contributed by atoms with Crippen molar-refractivity contribution >= 4 is 63.4 Å². The van der Waals surface area contributed by atoms with E-state index in [1.165, 1.54) is 23.5 Å². The molecule has 0 radical (unpaired) electrons. The molecule has 2 aliphatic heterocycles. The monoisotopic (exact) mass is 676 g/mol. The molecule has 2 atom stereocenters. The molecule has 2 aliphatic rings. The van der Waals surface area contributed by atoms with Gasteiger partial charge in [-0.05, 0) is 38.4 Å². The number of nitroso groups, excluding NO2 is 1. The van der Waals surface area contributed by atoms with E-state index in [2.05, 4.69) is 31.4 Å². The van der Waals surface area contributed by atoms with E-state index in [0.29, 0.717) is 5.57 Å². The first kappa shape index (κ1) is 32.1. The summed E-state index contributed by atoms with van der Waals surface area (Å²) in [6.07, 6.45) is 0. The summed E-state index contributed by atoms with van der Waals surface area (Å²) >= 11 is 5.13. The Morgan fingerprint density at radius 1 is 1.27 bits per heavy atom. The maximum atomic E-state index is 13.0. The Bertz CT molecular complexity index is 1420. The number of β-lactam (4-membered cyclic amide) rings is 1. The fourth-order valence-corrected chi connectivity index (χ4v) is 6.65. The lowest BCUT2D eigenvalue weighted by atomic mass is 9.98. The summed E-state index contributed by atoms with van der Waals surface area (Å²) in [4.78, 5) is 77.7. The lowest BCUT2D eigenvalue weighted by Crippen LogP contribution is -2.69. The van der Waals surface area contributed by atoms with Gasteiger partial charge in [0.25, 0.3) is 11.8 Å². The molecule has 0 spiro atoms. The number of esters is 1. The summed E-state index contributed by atoms with van der Waals surface area (Å²) in [5, 5.41) is 25.2. The Kier molecular flexibility index (Phi) is 9.85. The van der Waals surface area contributed by atoms with Gasteiger partial charge in [-0.2, -0.15) is 4.98 Å². The van der Waals surface area contributed by atoms with Gasteiger partial charge in [-0.3, -0.25) is 28.0 Å². The van der Waals surface area contributed by atoms with Gasteiger partial charge in [-0.25, -0.2) is 9.48 Å². The number of carboxylic acid groups (broad SMARTS) is 1. The largest absolute Gasteiger partial charge is 0.510 e. The van der Waals surface area contributed by atoms with Crippen molar-refractivity contribution in [2.24, 2.45) is 17.6 Å². The van der Waals surface area contributed by atoms with Crippen LogP contribution in [0.4, 0.5) is 0 Å². The van der Waals surface area contributed by atoms with Gasteiger partial charge in [-0.15, -0.1) is 21.8 Å². The van der Waals surface area contributed by atoms with Crippen molar-refractivity contribution in [3.05, 3.63) is 38.0 Å². The zero-order valence-corrected chi connectivity index (χ0v) is 25.5. The Morgan fingerprint density at radius 3 is 2.49 bits per heavy atom. The standard InChI is InChI=1S/C22H25BrN6O10S2/c1-9(30)11(26-37)16(32)29(23)13-17(33)28-12(19(34)35)10(6-40-18(13)28)7-41-21-24-14(31)15(25-27(21)5)38-8-39-20(36)22(2,3)4/h13,18,30H,6-8H2,1-5H3,(H,34,35)/t13-,18-/m1/s1. The van der Waals surface area contributed by atoms with Crippen LogP contribution in [0.25, 0.3) is 0 Å². The van der Waals surface area contributed by atoms with E-state index in [9.17, 15) is 39.1 Å². The zero-order valence-electron chi connectivity index (χ0n) is 22.3. The zero-order chi connectivity index (χ0) is 30.8. The van der Waals surface area contributed by atoms with E-state index in [4.69, 9.17) is 9.47 Å². The number of nitrogens with zero attached hydrogens (tertiary/aromatic N) is 6. The second kappa shape index (κ2) is 12.6. The van der Waals surface area contributed by atoms with Crippen LogP contribution >= 0.6 is 39.7 Å². The maximum absolute atomic E-state index is 13.0. The highest BCUT2D eigenvalue weighted by molar-refractivity contribution is 9.07. The van der Waals surface area contributed by atoms with Crippen LogP contribution in [-0.4, -0.2) is 87.3 Å². The van der Waals surface area contributed by atoms with E-state index in [-0.39, 0.29) is 22.4 Å². The number of carbonyl (C=O) groups is 4. The van der Waals surface area contributed by atoms with E-state index >= 15 is 0 Å². The van der Waals surface area contributed by atoms with Crippen molar-refractivity contribution in [2.45, 2.75) is 44.3 Å². The molecule has 1 aromatic rings. The predicted octanol–water partition coefficient (Wildman–Crippen LogP) is 1.51. The number of thioether (sulfide) groups is 2. The van der Waals surface area contributed by atoms with Gasteiger partial charge >= 0.3 is 23.4 Å². The van der Waals surface area contributed by atoms with Crippen LogP contribution in [-0.2, 0) is 31.0 Å². The van der Waals surface area contributed by atoms with E-state index in [1.807, 2.05) is 0 Å². The molecular weight excluding hydrogens is 652 g/mol. The van der Waals surface area contributed by atoms with E-state index in [1.54, 1.807) is 20.8 Å². The Hall–Kier alpha value is -3.45. The number of rotatable bonds is 10. The Labute approximate surface area is 249 Å². The van der Waals surface area contributed by atoms with Crippen molar-refractivity contribution in [1.82, 2.24) is 23.6 Å². The van der Waals surface area contributed by atoms with Gasteiger partial charge in [0, 0.05) is 18.6 Å². The van der Waals surface area contributed by atoms with Gasteiger partial charge in [0.05, 0.1) is 21.6 Å². The second-order valence-electron chi connectivity index (χ2n) is 9.61. The van der Waals surface area contributed by atoms with Crippen LogP contribution in [0.3, 0.4) is 0 Å². The SMILES string of the molecule is CC(O)=C(N=O)C(=O)N(Br)[C@@H]1C(=O)N2C(C(=O)O)=C(CSc3nc(=O)c(OCOC(=O)C(C)(C)C)nn3C)CS[C@H]12. The summed E-state index contributed by atoms with van der Waals surface area (Å²) in [6, 6.07) is -1.16. The van der Waals surface area contributed by atoms with Crippen molar-refractivity contribution < 1.29 is 38.9 Å². The van der Waals surface area contributed by atoms with Gasteiger partial charge in [0.15, 0.2) is 11.2 Å². The Morgan fingerprint density at radius 2 is 1.93 bits per heavy atom. The van der Waals surface area contributed by atoms with Gasteiger partial charge in [0.1, 0.15) is 16.8 Å². The number of halogens is 1. The van der Waals surface area contributed by atoms with E-state index < -0.39 is 70.3 Å². The highest BCUT2D eigenvalue weighted by Crippen LogP contribution is 2.44. The number of aryl methyl sites for hydroxylation is 1. The third kappa shape index (κ3) is 6.72. The molecule has 16 nitrogen and oxygen atoms in total. The number of amides is 2. The number of aromatic nitrogens is 3. The number of hydrogen-bond donors (Lipinski definition) is 2. The fourth-order valence-electron chi connectivity index (χ4n) is 3.49. The molecule has 222 valence electrons. The molecular formula is C22H25BrN6O10S2. The predicted molar refractivity (Wildman–Crippen MR) is 147 cm³/mol. The fraction of sp³-hybridized carbons (Fsp3) is 0.500. The van der Waals surface area contributed by atoms with Crippen molar-refractivity contribution in [3.63, 3.8) is 0 Å². The van der Waals surface area contributed by atoms with Crippen molar-refractivity contribution in [3.8, 4) is 5.88 Å². The molecule has 19 heteroatoms.